The van der Waals surface area contributed by atoms with Gasteiger partial charge in [-0.3, -0.25) is 24.7 Å². The number of aliphatic carboxylic acids is 1. The summed E-state index contributed by atoms with van der Waals surface area (Å²) >= 11 is 0. The van der Waals surface area contributed by atoms with E-state index in [-0.39, 0.29) is 37.0 Å². The van der Waals surface area contributed by atoms with E-state index in [0.29, 0.717) is 25.2 Å². The molecule has 1 amide bonds. The van der Waals surface area contributed by atoms with Crippen molar-refractivity contribution < 1.29 is 19.5 Å². The van der Waals surface area contributed by atoms with Gasteiger partial charge in [0.1, 0.15) is 5.84 Å². The summed E-state index contributed by atoms with van der Waals surface area (Å²) in [5.74, 6) is -0.964. The Morgan fingerprint density at radius 3 is 2.69 bits per heavy atom. The standard InChI is InChI=1S/C17H23N5O4/c18-17(19)12-3-1-11(2-4-12)14-7-13(26-20-14)8-22-6-5-21(9-15(22)23)10-16(24)25/h1-4,13-14,20H,5-10H2,(H3,18,19)(H,24,25). The molecule has 1 aromatic carbocycles. The summed E-state index contributed by atoms with van der Waals surface area (Å²) in [5, 5.41) is 16.2. The van der Waals surface area contributed by atoms with Crippen LogP contribution in [-0.2, 0) is 14.4 Å². The third-order valence-corrected chi connectivity index (χ3v) is 4.68. The zero-order chi connectivity index (χ0) is 18.7. The quantitative estimate of drug-likeness (QED) is 0.398. The molecule has 0 bridgehead atoms. The first kappa shape index (κ1) is 18.3. The largest absolute Gasteiger partial charge is 0.480 e. The number of nitrogens with one attached hydrogen (secondary N) is 2. The Morgan fingerprint density at radius 1 is 1.35 bits per heavy atom. The predicted molar refractivity (Wildman–Crippen MR) is 93.5 cm³/mol. The highest BCUT2D eigenvalue weighted by molar-refractivity contribution is 5.94. The second-order valence-electron chi connectivity index (χ2n) is 6.63. The number of hydroxylamine groups is 1. The molecule has 2 aliphatic heterocycles. The van der Waals surface area contributed by atoms with Crippen molar-refractivity contribution in [1.29, 1.82) is 5.41 Å². The Bertz CT molecular complexity index is 693. The van der Waals surface area contributed by atoms with Crippen LogP contribution in [0.3, 0.4) is 0 Å². The van der Waals surface area contributed by atoms with Gasteiger partial charge in [-0.2, -0.15) is 5.48 Å². The fourth-order valence-electron chi connectivity index (χ4n) is 3.27. The lowest BCUT2D eigenvalue weighted by atomic mass is 10.0. The van der Waals surface area contributed by atoms with Gasteiger partial charge in [-0.15, -0.1) is 0 Å². The molecule has 0 aliphatic carbocycles. The Morgan fingerprint density at radius 2 is 2.08 bits per heavy atom. The second-order valence-corrected chi connectivity index (χ2v) is 6.63. The van der Waals surface area contributed by atoms with Crippen molar-refractivity contribution >= 4 is 17.7 Å². The van der Waals surface area contributed by atoms with Crippen molar-refractivity contribution in [2.24, 2.45) is 5.73 Å². The molecule has 140 valence electrons. The molecule has 2 unspecified atom stereocenters. The Balaban J connectivity index is 1.51. The van der Waals surface area contributed by atoms with Gasteiger partial charge in [-0.05, 0) is 12.0 Å². The molecule has 9 nitrogen and oxygen atoms in total. The third-order valence-electron chi connectivity index (χ3n) is 4.68. The van der Waals surface area contributed by atoms with Crippen LogP contribution in [0.1, 0.15) is 23.6 Å². The Kier molecular flexibility index (Phi) is 5.50. The molecule has 1 aromatic rings. The van der Waals surface area contributed by atoms with Crippen LogP contribution in [0.4, 0.5) is 0 Å². The molecule has 0 spiro atoms. The summed E-state index contributed by atoms with van der Waals surface area (Å²) in [6.07, 6.45) is 0.602. The first-order valence-electron chi connectivity index (χ1n) is 8.50. The molecule has 0 radical (unpaired) electrons. The molecule has 2 fully saturated rings. The summed E-state index contributed by atoms with van der Waals surface area (Å²) in [5.41, 5.74) is 10.2. The predicted octanol–water partition coefficient (Wildman–Crippen LogP) is -0.466. The number of nitrogens with two attached hydrogens (primary N) is 1. The van der Waals surface area contributed by atoms with Crippen LogP contribution >= 0.6 is 0 Å². The van der Waals surface area contributed by atoms with Gasteiger partial charge >= 0.3 is 5.97 Å². The van der Waals surface area contributed by atoms with Crippen molar-refractivity contribution in [1.82, 2.24) is 15.3 Å². The average molecular weight is 361 g/mol. The number of piperazine rings is 1. The molecule has 2 saturated heterocycles. The molecule has 26 heavy (non-hydrogen) atoms. The number of carbonyl (C=O) groups excluding carboxylic acids is 1. The molecule has 3 rings (SSSR count). The van der Waals surface area contributed by atoms with E-state index in [0.717, 1.165) is 12.0 Å². The summed E-state index contributed by atoms with van der Waals surface area (Å²) in [6, 6.07) is 7.45. The van der Waals surface area contributed by atoms with Crippen LogP contribution in [0.5, 0.6) is 0 Å². The SMILES string of the molecule is N=C(N)c1ccc(C2CC(CN3CCN(CC(=O)O)CC3=O)ON2)cc1. The van der Waals surface area contributed by atoms with E-state index >= 15 is 0 Å². The van der Waals surface area contributed by atoms with Crippen LogP contribution in [0, 0.1) is 5.41 Å². The van der Waals surface area contributed by atoms with Gasteiger partial charge in [-0.1, -0.05) is 24.3 Å². The number of carbonyl (C=O) groups is 2. The number of hydrogen-bond acceptors (Lipinski definition) is 6. The topological polar surface area (TPSA) is 132 Å². The molecular formula is C17H23N5O4. The Hall–Kier alpha value is -2.49. The van der Waals surface area contributed by atoms with Gasteiger partial charge in [0, 0.05) is 25.2 Å². The van der Waals surface area contributed by atoms with E-state index in [9.17, 15) is 9.59 Å². The number of amidine groups is 1. The molecule has 0 saturated carbocycles. The zero-order valence-corrected chi connectivity index (χ0v) is 14.4. The van der Waals surface area contributed by atoms with Crippen LogP contribution in [0.15, 0.2) is 24.3 Å². The van der Waals surface area contributed by atoms with E-state index in [1.54, 1.807) is 21.9 Å². The third kappa shape index (κ3) is 4.37. The number of carboxylic acid groups (broad SMARTS) is 1. The van der Waals surface area contributed by atoms with Gasteiger partial charge in [0.25, 0.3) is 0 Å². The summed E-state index contributed by atoms with van der Waals surface area (Å²) in [4.78, 5) is 31.9. The van der Waals surface area contributed by atoms with Crippen molar-refractivity contribution in [3.8, 4) is 0 Å². The number of carboxylic acids is 1. The smallest absolute Gasteiger partial charge is 0.317 e. The molecular weight excluding hydrogens is 338 g/mol. The van der Waals surface area contributed by atoms with Gasteiger partial charge in [0.2, 0.25) is 5.91 Å². The maximum Gasteiger partial charge on any atom is 0.317 e. The van der Waals surface area contributed by atoms with Crippen molar-refractivity contribution in [2.75, 3.05) is 32.7 Å². The van der Waals surface area contributed by atoms with Gasteiger partial charge in [-0.25, -0.2) is 0 Å². The molecule has 0 aromatic heterocycles. The van der Waals surface area contributed by atoms with Crippen LogP contribution in [0.25, 0.3) is 0 Å². The van der Waals surface area contributed by atoms with Crippen molar-refractivity contribution in [3.63, 3.8) is 0 Å². The number of benzene rings is 1. The lowest BCUT2D eigenvalue weighted by molar-refractivity contribution is -0.143. The van der Waals surface area contributed by atoms with Gasteiger partial charge in [0.05, 0.1) is 25.2 Å². The summed E-state index contributed by atoms with van der Waals surface area (Å²) < 4.78 is 0. The molecule has 5 N–H and O–H groups in total. The first-order chi connectivity index (χ1) is 12.4. The first-order valence-corrected chi connectivity index (χ1v) is 8.50. The van der Waals surface area contributed by atoms with Crippen LogP contribution in [0.2, 0.25) is 0 Å². The minimum atomic E-state index is -0.923. The Labute approximate surface area is 151 Å². The van der Waals surface area contributed by atoms with E-state index in [4.69, 9.17) is 21.1 Å². The molecule has 9 heteroatoms. The fourth-order valence-corrected chi connectivity index (χ4v) is 3.27. The number of rotatable bonds is 6. The minimum Gasteiger partial charge on any atom is -0.480 e. The lowest BCUT2D eigenvalue weighted by Crippen LogP contribution is -2.53. The average Bonchev–Trinajstić information content (AvgIpc) is 3.05. The maximum absolute atomic E-state index is 12.2. The normalized spacial score (nSPS) is 24.0. The highest BCUT2D eigenvalue weighted by Crippen LogP contribution is 2.26. The zero-order valence-electron chi connectivity index (χ0n) is 14.4. The van der Waals surface area contributed by atoms with Gasteiger partial charge < -0.3 is 15.7 Å². The molecule has 2 aliphatic rings. The van der Waals surface area contributed by atoms with E-state index in [1.807, 2.05) is 12.1 Å². The van der Waals surface area contributed by atoms with Crippen LogP contribution < -0.4 is 11.2 Å². The van der Waals surface area contributed by atoms with E-state index in [2.05, 4.69) is 5.48 Å². The monoisotopic (exact) mass is 361 g/mol. The summed E-state index contributed by atoms with van der Waals surface area (Å²) in [6.45, 7) is 1.55. The van der Waals surface area contributed by atoms with Gasteiger partial charge in [0.15, 0.2) is 0 Å². The highest BCUT2D eigenvalue weighted by Gasteiger charge is 2.32. The minimum absolute atomic E-state index is 0.0180. The van der Waals surface area contributed by atoms with Crippen molar-refractivity contribution in [3.05, 3.63) is 35.4 Å². The van der Waals surface area contributed by atoms with Crippen molar-refractivity contribution in [2.45, 2.75) is 18.6 Å². The number of hydrogen-bond donors (Lipinski definition) is 4. The lowest BCUT2D eigenvalue weighted by Gasteiger charge is -2.34. The molecule has 2 heterocycles. The highest BCUT2D eigenvalue weighted by atomic mass is 16.7. The maximum atomic E-state index is 12.2. The van der Waals surface area contributed by atoms with E-state index in [1.165, 1.54) is 0 Å². The summed E-state index contributed by atoms with van der Waals surface area (Å²) in [7, 11) is 0. The fraction of sp³-hybridized carbons (Fsp3) is 0.471. The number of nitrogen functional groups attached to an aromatic ring is 1. The van der Waals surface area contributed by atoms with E-state index < -0.39 is 5.97 Å². The number of nitrogens with zero attached hydrogens (tertiary/aromatic N) is 2. The number of amides is 1. The van der Waals surface area contributed by atoms with Crippen LogP contribution in [-0.4, -0.2) is 71.4 Å². The molecule has 2 atom stereocenters. The second kappa shape index (κ2) is 7.81.